The fourth-order valence-electron chi connectivity index (χ4n) is 0. The zero-order valence-corrected chi connectivity index (χ0v) is 5.42. The molecule has 0 fully saturated rings. The molecule has 0 aromatic rings. The van der Waals surface area contributed by atoms with Gasteiger partial charge in [0, 0.05) is 0 Å². The van der Waals surface area contributed by atoms with Gasteiger partial charge in [0.15, 0.2) is 0 Å². The first-order valence-electron chi connectivity index (χ1n) is 2.21. The molecular weight excluding hydrogens is 373 g/mol. The minimum atomic E-state index is -1.82. The summed E-state index contributed by atoms with van der Waals surface area (Å²) in [6.45, 7) is 0. The first-order chi connectivity index (χ1) is 5.29. The molecule has 0 saturated heterocycles. The van der Waals surface area contributed by atoms with Gasteiger partial charge in [0.2, 0.25) is 0 Å². The number of hydrogen-bond donors (Lipinski definition) is 4. The van der Waals surface area contributed by atoms with Gasteiger partial charge in [-0.3, -0.25) is 0 Å². The first kappa shape index (κ1) is 42.8. The number of hydrogen-bond acceptors (Lipinski definition) is 4. The van der Waals surface area contributed by atoms with Crippen LogP contribution in [-0.2, 0) is 19.2 Å². The van der Waals surface area contributed by atoms with E-state index in [9.17, 15) is 0 Å². The first-order valence-corrected chi connectivity index (χ1v) is 2.21. The predicted molar refractivity (Wildman–Crippen MR) is 69.1 cm³/mol. The predicted octanol–water partition coefficient (Wildman–Crippen LogP) is -5.47. The third kappa shape index (κ3) is 45.1. The Kier molecular flexibility index (Phi) is 70.2. The third-order valence-corrected chi connectivity index (χ3v) is 0.366. The van der Waals surface area contributed by atoms with E-state index in [1.165, 1.54) is 0 Å². The standard InChI is InChI=1S/2C2H2O4.Ca.3Na.Sr.7H/c2*3-1(4)2(5)6;;;;;;;;;;;;/h2*(H,3,4)(H,5,6);;;;;;;;;;;;. The molecule has 0 amide bonds. The second-order valence-corrected chi connectivity index (χ2v) is 1.22. The monoisotopic (exact) mass is 384 g/mol. The third-order valence-electron chi connectivity index (χ3n) is 0.366. The Morgan fingerprint density at radius 3 is 0.588 bits per heavy atom. The van der Waals surface area contributed by atoms with Crippen LogP contribution in [0, 0.1) is 0 Å². The molecule has 0 aliphatic heterocycles. The van der Waals surface area contributed by atoms with Crippen molar-refractivity contribution in [3.8, 4) is 0 Å². The van der Waals surface area contributed by atoms with Gasteiger partial charge >= 0.3 is 196 Å². The number of carboxylic acids is 4. The quantitative estimate of drug-likeness (QED) is 0.239. The summed E-state index contributed by atoms with van der Waals surface area (Å²) in [4.78, 5) is 36.4. The summed E-state index contributed by atoms with van der Waals surface area (Å²) in [6, 6.07) is 0. The summed E-state index contributed by atoms with van der Waals surface area (Å²) in [5.41, 5.74) is 0. The number of carboxylic acid groups (broad SMARTS) is 4. The van der Waals surface area contributed by atoms with E-state index >= 15 is 0 Å². The van der Waals surface area contributed by atoms with Crippen molar-refractivity contribution in [2.24, 2.45) is 0 Å². The van der Waals surface area contributed by atoms with E-state index in [2.05, 4.69) is 0 Å². The van der Waals surface area contributed by atoms with Crippen molar-refractivity contribution in [2.45, 2.75) is 0 Å². The Labute approximate surface area is 229 Å². The van der Waals surface area contributed by atoms with Crippen LogP contribution in [0.25, 0.3) is 0 Å². The fourth-order valence-corrected chi connectivity index (χ4v) is 0. The van der Waals surface area contributed by atoms with Gasteiger partial charge in [-0.2, -0.15) is 0 Å². The van der Waals surface area contributed by atoms with Crippen LogP contribution in [0.2, 0.25) is 0 Å². The van der Waals surface area contributed by atoms with Crippen LogP contribution in [0.15, 0.2) is 0 Å². The van der Waals surface area contributed by atoms with Crippen LogP contribution in [0.4, 0.5) is 0 Å². The van der Waals surface area contributed by atoms with Gasteiger partial charge in [-0.05, 0) is 0 Å². The summed E-state index contributed by atoms with van der Waals surface area (Å²) in [6.07, 6.45) is 0. The van der Waals surface area contributed by atoms with Crippen LogP contribution >= 0.6 is 0 Å². The minimum absolute atomic E-state index is 0. The molecule has 0 spiro atoms. The van der Waals surface area contributed by atoms with Crippen LogP contribution in [-0.4, -0.2) is 216 Å². The van der Waals surface area contributed by atoms with Gasteiger partial charge < -0.3 is 20.4 Å². The maximum atomic E-state index is 9.10. The average Bonchev–Trinajstić information content (AvgIpc) is 1.88. The molecule has 0 saturated carbocycles. The van der Waals surface area contributed by atoms with E-state index in [-0.39, 0.29) is 172 Å². The molecule has 0 aromatic carbocycles. The Bertz CT molecular complexity index is 189. The molecule has 0 aromatic heterocycles. The molecule has 0 heterocycles. The Hall–Kier alpha value is 3.62. The number of rotatable bonds is 0. The molecule has 0 aliphatic carbocycles. The maximum absolute atomic E-state index is 9.10. The van der Waals surface area contributed by atoms with Gasteiger partial charge in [0.05, 0.1) is 0 Å². The molecule has 13 heteroatoms. The van der Waals surface area contributed by atoms with E-state index in [0.29, 0.717) is 0 Å². The summed E-state index contributed by atoms with van der Waals surface area (Å²) < 4.78 is 0. The van der Waals surface area contributed by atoms with Crippen molar-refractivity contribution in [3.63, 3.8) is 0 Å². The zero-order chi connectivity index (χ0) is 10.3. The van der Waals surface area contributed by atoms with E-state index in [1.807, 2.05) is 0 Å². The van der Waals surface area contributed by atoms with Crippen LogP contribution < -0.4 is 0 Å². The normalized spacial score (nSPS) is 5.18. The van der Waals surface area contributed by atoms with Crippen molar-refractivity contribution in [2.75, 3.05) is 0 Å². The second-order valence-electron chi connectivity index (χ2n) is 1.22. The topological polar surface area (TPSA) is 149 Å². The van der Waals surface area contributed by atoms with Gasteiger partial charge in [0.1, 0.15) is 0 Å². The zero-order valence-electron chi connectivity index (χ0n) is 5.42. The fraction of sp³-hybridized carbons (Fsp3) is 0. The molecule has 0 unspecified atom stereocenters. The van der Waals surface area contributed by atoms with E-state index in [1.54, 1.807) is 0 Å². The number of carbonyl (C=O) groups is 4. The summed E-state index contributed by atoms with van der Waals surface area (Å²) >= 11 is 0. The van der Waals surface area contributed by atoms with E-state index in [0.717, 1.165) is 0 Å². The molecule has 0 radical (unpaired) electrons. The van der Waals surface area contributed by atoms with Gasteiger partial charge in [-0.1, -0.05) is 0 Å². The van der Waals surface area contributed by atoms with E-state index in [4.69, 9.17) is 39.6 Å². The molecule has 0 aliphatic rings. The van der Waals surface area contributed by atoms with Gasteiger partial charge in [-0.15, -0.1) is 0 Å². The van der Waals surface area contributed by atoms with Crippen molar-refractivity contribution in [1.29, 1.82) is 0 Å². The van der Waals surface area contributed by atoms with Crippen LogP contribution in [0.1, 0.15) is 0 Å². The van der Waals surface area contributed by atoms with Crippen molar-refractivity contribution < 1.29 is 39.6 Å². The Morgan fingerprint density at radius 2 is 0.588 bits per heavy atom. The van der Waals surface area contributed by atoms with Crippen molar-refractivity contribution >= 4 is 196 Å². The Balaban J connectivity index is -0.0000000182. The molecule has 0 rings (SSSR count). The van der Waals surface area contributed by atoms with Crippen LogP contribution in [0.3, 0.4) is 0 Å². The van der Waals surface area contributed by atoms with Crippen LogP contribution in [0.5, 0.6) is 0 Å². The molecule has 82 valence electrons. The molecule has 4 N–H and O–H groups in total. The van der Waals surface area contributed by atoms with Crippen molar-refractivity contribution in [3.05, 3.63) is 0 Å². The molecule has 8 nitrogen and oxygen atoms in total. The van der Waals surface area contributed by atoms with Crippen molar-refractivity contribution in [1.82, 2.24) is 0 Å². The SMILES string of the molecule is O=C(O)C(=O)O.O=C(O)C(=O)O.[CaH2].[NaH].[NaH].[NaH].[SrH2]. The van der Waals surface area contributed by atoms with Gasteiger partial charge in [-0.25, -0.2) is 19.2 Å². The number of aliphatic carboxylic acids is 4. The summed E-state index contributed by atoms with van der Waals surface area (Å²) in [7, 11) is 0. The summed E-state index contributed by atoms with van der Waals surface area (Å²) in [5, 5.41) is 29.6. The summed E-state index contributed by atoms with van der Waals surface area (Å²) in [5.74, 6) is -7.30. The molecule has 0 bridgehead atoms. The molecule has 17 heavy (non-hydrogen) atoms. The molecule has 0 atom stereocenters. The second kappa shape index (κ2) is 27.9. The average molecular weight is 384 g/mol. The van der Waals surface area contributed by atoms with E-state index < -0.39 is 23.9 Å². The van der Waals surface area contributed by atoms with Gasteiger partial charge in [0.25, 0.3) is 0 Å². The molecular formula is C4H11CaNa3O8Sr. The Morgan fingerprint density at radius 1 is 0.529 bits per heavy atom.